The highest BCUT2D eigenvalue weighted by Gasteiger charge is 2.56. The van der Waals surface area contributed by atoms with Gasteiger partial charge >= 0.3 is 0 Å². The molecule has 0 aliphatic heterocycles. The van der Waals surface area contributed by atoms with Crippen LogP contribution in [0.3, 0.4) is 0 Å². The summed E-state index contributed by atoms with van der Waals surface area (Å²) in [5.74, 6) is 11.2. The van der Waals surface area contributed by atoms with Crippen molar-refractivity contribution in [1.29, 1.82) is 0 Å². The maximum absolute atomic E-state index is 11.1. The first-order chi connectivity index (χ1) is 13.4. The van der Waals surface area contributed by atoms with Gasteiger partial charge in [-0.1, -0.05) is 58.5 Å². The molecule has 0 amide bonds. The number of hydrogen-bond acceptors (Lipinski definition) is 1. The lowest BCUT2D eigenvalue weighted by Gasteiger charge is -2.54. The van der Waals surface area contributed by atoms with Crippen molar-refractivity contribution in [2.45, 2.75) is 76.7 Å². The molecule has 0 bridgehead atoms. The third-order valence-electron chi connectivity index (χ3n) is 9.25. The molecular formula is C26H35BrO. The van der Waals surface area contributed by atoms with Crippen LogP contribution in [0.4, 0.5) is 0 Å². The summed E-state index contributed by atoms with van der Waals surface area (Å²) in [6.07, 6.45) is 14.5. The molecule has 0 aromatic rings. The van der Waals surface area contributed by atoms with Gasteiger partial charge in [-0.25, -0.2) is 0 Å². The van der Waals surface area contributed by atoms with Crippen molar-refractivity contribution in [2.24, 2.45) is 40.9 Å². The molecule has 1 nitrogen and oxygen atoms in total. The first-order valence-electron chi connectivity index (χ1n) is 11.6. The van der Waals surface area contributed by atoms with Gasteiger partial charge in [0.2, 0.25) is 0 Å². The van der Waals surface area contributed by atoms with Gasteiger partial charge in [-0.15, -0.1) is 0 Å². The smallest absolute Gasteiger partial charge is 0.129 e. The molecule has 4 saturated carbocycles. The Kier molecular flexibility index (Phi) is 4.88. The SMILES string of the molecule is C=C(CBr)[C@H]1CC[C@H]2[C@@H]3CC=C4C[C@](O)(C#CC5CC5)CC[C@@H]4[C@H]3CC[C@]12C. The number of aliphatic hydroxyl groups is 1. The zero-order valence-electron chi connectivity index (χ0n) is 17.4. The largest absolute Gasteiger partial charge is 0.377 e. The minimum absolute atomic E-state index is 0.461. The van der Waals surface area contributed by atoms with E-state index in [1.807, 2.05) is 0 Å². The van der Waals surface area contributed by atoms with E-state index in [2.05, 4.69) is 47.3 Å². The Bertz CT molecular complexity index is 752. The standard InChI is InChI=1S/C26H35BrO/c1-17(16-27)23-7-8-24-22-6-5-19-15-26(28,13-9-18-3-4-18)14-11-20(19)21(22)10-12-25(23,24)2/h5,18,20-24,28H,1,3-4,6-8,10-12,14-16H2,2H3/t20-,21+,22+,23+,24-,25+,26-/m0/s1. The van der Waals surface area contributed by atoms with Crippen molar-refractivity contribution < 1.29 is 5.11 Å². The summed E-state index contributed by atoms with van der Waals surface area (Å²) in [7, 11) is 0. The van der Waals surface area contributed by atoms with Gasteiger partial charge in [0.25, 0.3) is 0 Å². The number of alkyl halides is 1. The number of hydrogen-bond donors (Lipinski definition) is 1. The van der Waals surface area contributed by atoms with E-state index in [4.69, 9.17) is 0 Å². The van der Waals surface area contributed by atoms with Crippen LogP contribution >= 0.6 is 15.9 Å². The average molecular weight is 443 g/mol. The molecule has 2 heteroatoms. The van der Waals surface area contributed by atoms with E-state index in [-0.39, 0.29) is 0 Å². The summed E-state index contributed by atoms with van der Waals surface area (Å²) < 4.78 is 0. The van der Waals surface area contributed by atoms with Crippen LogP contribution in [-0.2, 0) is 0 Å². The van der Waals surface area contributed by atoms with Crippen LogP contribution in [0.5, 0.6) is 0 Å². The second kappa shape index (κ2) is 7.02. The van der Waals surface area contributed by atoms with Crippen molar-refractivity contribution in [1.82, 2.24) is 0 Å². The maximum Gasteiger partial charge on any atom is 0.129 e. The minimum Gasteiger partial charge on any atom is -0.377 e. The first-order valence-corrected chi connectivity index (χ1v) is 12.7. The number of fused-ring (bicyclic) bond motifs is 5. The molecule has 1 N–H and O–H groups in total. The van der Waals surface area contributed by atoms with E-state index in [1.54, 1.807) is 5.57 Å². The van der Waals surface area contributed by atoms with Crippen LogP contribution in [0.15, 0.2) is 23.8 Å². The molecular weight excluding hydrogens is 408 g/mol. The normalized spacial score (nSPS) is 47.1. The van der Waals surface area contributed by atoms with Gasteiger partial charge in [-0.05, 0) is 92.8 Å². The molecule has 5 aliphatic rings. The van der Waals surface area contributed by atoms with Gasteiger partial charge in [-0.2, -0.15) is 0 Å². The van der Waals surface area contributed by atoms with Crippen LogP contribution < -0.4 is 0 Å². The van der Waals surface area contributed by atoms with Crippen molar-refractivity contribution in [3.05, 3.63) is 23.8 Å². The summed E-state index contributed by atoms with van der Waals surface area (Å²) in [6, 6.07) is 0. The molecule has 5 rings (SSSR count). The zero-order valence-corrected chi connectivity index (χ0v) is 18.9. The molecule has 152 valence electrons. The maximum atomic E-state index is 11.1. The highest BCUT2D eigenvalue weighted by molar-refractivity contribution is 9.09. The lowest BCUT2D eigenvalue weighted by atomic mass is 9.51. The Labute approximate surface area is 179 Å². The Balaban J connectivity index is 1.35. The second-order valence-corrected chi connectivity index (χ2v) is 11.4. The first kappa shape index (κ1) is 19.4. The summed E-state index contributed by atoms with van der Waals surface area (Å²) in [6.45, 7) is 6.99. The van der Waals surface area contributed by atoms with Crippen molar-refractivity contribution in [3.63, 3.8) is 0 Å². The van der Waals surface area contributed by atoms with Gasteiger partial charge < -0.3 is 5.11 Å². The van der Waals surface area contributed by atoms with Crippen LogP contribution in [0.25, 0.3) is 0 Å². The van der Waals surface area contributed by atoms with E-state index < -0.39 is 5.60 Å². The third-order valence-corrected chi connectivity index (χ3v) is 9.97. The van der Waals surface area contributed by atoms with Gasteiger partial charge in [0.15, 0.2) is 0 Å². The molecule has 4 fully saturated rings. The van der Waals surface area contributed by atoms with Gasteiger partial charge in [0.1, 0.15) is 5.60 Å². The fourth-order valence-electron chi connectivity index (χ4n) is 7.63. The summed E-state index contributed by atoms with van der Waals surface area (Å²) in [5, 5.41) is 12.0. The van der Waals surface area contributed by atoms with Crippen molar-refractivity contribution in [2.75, 3.05) is 5.33 Å². The molecule has 0 unspecified atom stereocenters. The molecule has 0 spiro atoms. The molecule has 5 aliphatic carbocycles. The van der Waals surface area contributed by atoms with Crippen LogP contribution in [-0.4, -0.2) is 16.0 Å². The zero-order chi connectivity index (χ0) is 19.5. The van der Waals surface area contributed by atoms with Gasteiger partial charge in [-0.3, -0.25) is 0 Å². The lowest BCUT2D eigenvalue weighted by Crippen LogP contribution is -2.47. The molecule has 0 saturated heterocycles. The Morgan fingerprint density at radius 1 is 1.18 bits per heavy atom. The monoisotopic (exact) mass is 442 g/mol. The average Bonchev–Trinajstić information content (AvgIpc) is 3.45. The van der Waals surface area contributed by atoms with E-state index >= 15 is 0 Å². The minimum atomic E-state index is -0.743. The predicted octanol–water partition coefficient (Wildman–Crippen LogP) is 6.27. The lowest BCUT2D eigenvalue weighted by molar-refractivity contribution is -0.0198. The summed E-state index contributed by atoms with van der Waals surface area (Å²) in [5.41, 5.74) is 2.69. The number of halogens is 1. The Hall–Kier alpha value is -0.520. The Morgan fingerprint density at radius 2 is 2.00 bits per heavy atom. The predicted molar refractivity (Wildman–Crippen MR) is 119 cm³/mol. The Morgan fingerprint density at radius 3 is 2.75 bits per heavy atom. The van der Waals surface area contributed by atoms with E-state index in [9.17, 15) is 5.11 Å². The molecule has 0 aromatic heterocycles. The highest BCUT2D eigenvalue weighted by atomic mass is 79.9. The fraction of sp³-hybridized carbons (Fsp3) is 0.769. The topological polar surface area (TPSA) is 20.2 Å². The quantitative estimate of drug-likeness (QED) is 0.303. The molecule has 0 heterocycles. The second-order valence-electron chi connectivity index (χ2n) is 10.8. The molecule has 7 atom stereocenters. The van der Waals surface area contributed by atoms with E-state index in [0.717, 1.165) is 42.3 Å². The van der Waals surface area contributed by atoms with Gasteiger partial charge in [0.05, 0.1) is 0 Å². The molecule has 28 heavy (non-hydrogen) atoms. The fourth-order valence-corrected chi connectivity index (χ4v) is 8.02. The van der Waals surface area contributed by atoms with Crippen LogP contribution in [0.1, 0.15) is 71.1 Å². The van der Waals surface area contributed by atoms with Crippen molar-refractivity contribution >= 4 is 15.9 Å². The van der Waals surface area contributed by atoms with Crippen LogP contribution in [0.2, 0.25) is 0 Å². The molecule has 0 aromatic carbocycles. The molecule has 0 radical (unpaired) electrons. The van der Waals surface area contributed by atoms with Crippen molar-refractivity contribution in [3.8, 4) is 11.8 Å². The van der Waals surface area contributed by atoms with Gasteiger partial charge in [0, 0.05) is 17.7 Å². The summed E-state index contributed by atoms with van der Waals surface area (Å²) in [4.78, 5) is 0. The number of rotatable bonds is 2. The highest BCUT2D eigenvalue weighted by Crippen LogP contribution is 2.64. The van der Waals surface area contributed by atoms with E-state index in [0.29, 0.717) is 23.2 Å². The number of allylic oxidation sites excluding steroid dienone is 2. The third kappa shape index (κ3) is 3.16. The van der Waals surface area contributed by atoms with E-state index in [1.165, 1.54) is 50.5 Å². The summed E-state index contributed by atoms with van der Waals surface area (Å²) >= 11 is 3.67. The van der Waals surface area contributed by atoms with Crippen LogP contribution in [0, 0.1) is 52.8 Å².